The van der Waals surface area contributed by atoms with Gasteiger partial charge in [-0.05, 0) is 19.1 Å². The molecule has 0 saturated carbocycles. The third-order valence-corrected chi connectivity index (χ3v) is 2.13. The molecule has 0 unspecified atom stereocenters. The molecule has 1 N–H and O–H groups in total. The Morgan fingerprint density at radius 3 is 3.08 bits per heavy atom. The molecule has 1 aromatic rings. The van der Waals surface area contributed by atoms with E-state index < -0.39 is 0 Å². The van der Waals surface area contributed by atoms with Crippen LogP contribution in [0.2, 0.25) is 0 Å². The quantitative estimate of drug-likeness (QED) is 0.674. The fourth-order valence-electron chi connectivity index (χ4n) is 1.44. The summed E-state index contributed by atoms with van der Waals surface area (Å²) >= 11 is 0. The van der Waals surface area contributed by atoms with Crippen LogP contribution >= 0.6 is 0 Å². The Morgan fingerprint density at radius 2 is 2.50 bits per heavy atom. The zero-order valence-electron chi connectivity index (χ0n) is 7.03. The number of hydrogen-bond acceptors (Lipinski definition) is 3. The Morgan fingerprint density at radius 1 is 1.58 bits per heavy atom. The predicted octanol–water partition coefficient (Wildman–Crippen LogP) is 1.09. The highest BCUT2D eigenvalue weighted by Gasteiger charge is 2.25. The molecule has 1 aliphatic rings. The van der Waals surface area contributed by atoms with E-state index in [0.717, 1.165) is 5.69 Å². The van der Waals surface area contributed by atoms with Crippen molar-refractivity contribution in [2.45, 2.75) is 19.1 Å². The van der Waals surface area contributed by atoms with Crippen LogP contribution in [-0.2, 0) is 4.74 Å². The molecule has 1 aromatic heterocycles. The maximum absolute atomic E-state index is 5.37. The van der Waals surface area contributed by atoms with Crippen molar-refractivity contribution in [1.29, 1.82) is 0 Å². The Kier molecular flexibility index (Phi) is 2.06. The average molecular weight is 164 g/mol. The fraction of sp³-hybridized carbons (Fsp3) is 0.444. The predicted molar refractivity (Wildman–Crippen MR) is 45.5 cm³/mol. The number of ether oxygens (including phenoxy) is 1. The molecule has 1 aliphatic heterocycles. The first-order valence-electron chi connectivity index (χ1n) is 4.14. The molecule has 0 radical (unpaired) electrons. The molecule has 12 heavy (non-hydrogen) atoms. The molecule has 0 spiro atoms. The van der Waals surface area contributed by atoms with Gasteiger partial charge >= 0.3 is 0 Å². The number of rotatable bonds is 1. The second-order valence-corrected chi connectivity index (χ2v) is 2.95. The molecule has 1 fully saturated rings. The van der Waals surface area contributed by atoms with Crippen molar-refractivity contribution in [3.05, 3.63) is 30.1 Å². The Hall–Kier alpha value is -0.930. The second kappa shape index (κ2) is 3.21. The maximum atomic E-state index is 5.37. The smallest absolute Gasteiger partial charge is 0.0975 e. The maximum Gasteiger partial charge on any atom is 0.0975 e. The second-order valence-electron chi connectivity index (χ2n) is 2.95. The lowest BCUT2D eigenvalue weighted by molar-refractivity contribution is 0.116. The molecule has 0 bridgehead atoms. The third-order valence-electron chi connectivity index (χ3n) is 2.13. The summed E-state index contributed by atoms with van der Waals surface area (Å²) in [6, 6.07) is 6.19. The molecule has 64 valence electrons. The number of hydrogen-bond donors (Lipinski definition) is 1. The highest BCUT2D eigenvalue weighted by atomic mass is 16.5. The van der Waals surface area contributed by atoms with Gasteiger partial charge in [-0.2, -0.15) is 0 Å². The summed E-state index contributed by atoms with van der Waals surface area (Å²) < 4.78 is 5.37. The van der Waals surface area contributed by atoms with Crippen LogP contribution in [0.4, 0.5) is 0 Å². The summed E-state index contributed by atoms with van der Waals surface area (Å²) in [6.07, 6.45) is 2.03. The fourth-order valence-corrected chi connectivity index (χ4v) is 1.44. The minimum Gasteiger partial charge on any atom is -0.361 e. The SMILES string of the molecule is C[C@H]1OCN[C@@H]1c1ccccn1. The average Bonchev–Trinajstić information content (AvgIpc) is 2.53. The van der Waals surface area contributed by atoms with E-state index in [1.807, 2.05) is 24.4 Å². The van der Waals surface area contributed by atoms with Crippen molar-refractivity contribution in [3.8, 4) is 0 Å². The van der Waals surface area contributed by atoms with Gasteiger partial charge in [-0.25, -0.2) is 0 Å². The number of pyridine rings is 1. The van der Waals surface area contributed by atoms with Crippen molar-refractivity contribution >= 4 is 0 Å². The van der Waals surface area contributed by atoms with Gasteiger partial charge in [-0.15, -0.1) is 0 Å². The van der Waals surface area contributed by atoms with Crippen molar-refractivity contribution in [2.75, 3.05) is 6.73 Å². The van der Waals surface area contributed by atoms with E-state index in [9.17, 15) is 0 Å². The van der Waals surface area contributed by atoms with E-state index in [1.165, 1.54) is 0 Å². The molecule has 0 amide bonds. The first-order chi connectivity index (χ1) is 5.88. The largest absolute Gasteiger partial charge is 0.361 e. The minimum absolute atomic E-state index is 0.222. The van der Waals surface area contributed by atoms with Crippen molar-refractivity contribution < 1.29 is 4.74 Å². The number of nitrogens with zero attached hydrogens (tertiary/aromatic N) is 1. The topological polar surface area (TPSA) is 34.1 Å². The Labute approximate surface area is 71.8 Å². The van der Waals surface area contributed by atoms with E-state index in [2.05, 4.69) is 17.2 Å². The lowest BCUT2D eigenvalue weighted by Crippen LogP contribution is -2.20. The molecule has 1 saturated heterocycles. The van der Waals surface area contributed by atoms with Gasteiger partial charge in [-0.3, -0.25) is 10.3 Å². The van der Waals surface area contributed by atoms with E-state index in [1.54, 1.807) is 0 Å². The van der Waals surface area contributed by atoms with Crippen LogP contribution in [0.3, 0.4) is 0 Å². The van der Waals surface area contributed by atoms with Gasteiger partial charge in [0, 0.05) is 6.20 Å². The first kappa shape index (κ1) is 7.71. The molecule has 3 nitrogen and oxygen atoms in total. The molecular formula is C9H12N2O. The van der Waals surface area contributed by atoms with Crippen molar-refractivity contribution in [1.82, 2.24) is 10.3 Å². The molecule has 0 aliphatic carbocycles. The van der Waals surface area contributed by atoms with Crippen LogP contribution in [0.15, 0.2) is 24.4 Å². The lowest BCUT2D eigenvalue weighted by atomic mass is 10.1. The van der Waals surface area contributed by atoms with Gasteiger partial charge in [0.25, 0.3) is 0 Å². The van der Waals surface area contributed by atoms with E-state index in [-0.39, 0.29) is 12.1 Å². The van der Waals surface area contributed by atoms with Crippen LogP contribution in [0.1, 0.15) is 18.7 Å². The van der Waals surface area contributed by atoms with Gasteiger partial charge in [0.05, 0.1) is 24.6 Å². The van der Waals surface area contributed by atoms with Crippen LogP contribution < -0.4 is 5.32 Å². The molecular weight excluding hydrogens is 152 g/mol. The lowest BCUT2D eigenvalue weighted by Gasteiger charge is -2.12. The van der Waals surface area contributed by atoms with Crippen LogP contribution in [0, 0.1) is 0 Å². The van der Waals surface area contributed by atoms with Gasteiger partial charge in [0.2, 0.25) is 0 Å². The molecule has 3 heteroatoms. The zero-order chi connectivity index (χ0) is 8.39. The monoisotopic (exact) mass is 164 g/mol. The van der Waals surface area contributed by atoms with Gasteiger partial charge in [0.1, 0.15) is 0 Å². The zero-order valence-corrected chi connectivity index (χ0v) is 7.03. The highest BCUT2D eigenvalue weighted by molar-refractivity contribution is 5.10. The van der Waals surface area contributed by atoms with Crippen LogP contribution in [-0.4, -0.2) is 17.8 Å². The van der Waals surface area contributed by atoms with E-state index in [4.69, 9.17) is 4.74 Å². The number of nitrogens with one attached hydrogen (secondary N) is 1. The molecule has 2 atom stereocenters. The van der Waals surface area contributed by atoms with Crippen LogP contribution in [0.5, 0.6) is 0 Å². The normalized spacial score (nSPS) is 29.1. The summed E-state index contributed by atoms with van der Waals surface area (Å²) in [5, 5.41) is 3.24. The highest BCUT2D eigenvalue weighted by Crippen LogP contribution is 2.20. The summed E-state index contributed by atoms with van der Waals surface area (Å²) in [6.45, 7) is 2.68. The van der Waals surface area contributed by atoms with E-state index in [0.29, 0.717) is 6.73 Å². The molecule has 2 heterocycles. The summed E-state index contributed by atoms with van der Waals surface area (Å²) in [5.41, 5.74) is 1.06. The van der Waals surface area contributed by atoms with Crippen LogP contribution in [0.25, 0.3) is 0 Å². The van der Waals surface area contributed by atoms with E-state index >= 15 is 0 Å². The summed E-state index contributed by atoms with van der Waals surface area (Å²) in [5.74, 6) is 0. The standard InChI is InChI=1S/C9H12N2O/c1-7-9(11-6-12-7)8-4-2-3-5-10-8/h2-5,7,9,11H,6H2,1H3/t7-,9+/m1/s1. The van der Waals surface area contributed by atoms with Crippen molar-refractivity contribution in [3.63, 3.8) is 0 Å². The first-order valence-corrected chi connectivity index (χ1v) is 4.14. The van der Waals surface area contributed by atoms with Gasteiger partial charge in [0.15, 0.2) is 0 Å². The van der Waals surface area contributed by atoms with Gasteiger partial charge in [-0.1, -0.05) is 6.07 Å². The Bertz CT molecular complexity index is 250. The third kappa shape index (κ3) is 1.33. The molecule has 0 aromatic carbocycles. The molecule has 2 rings (SSSR count). The number of aromatic nitrogens is 1. The summed E-state index contributed by atoms with van der Waals surface area (Å²) in [7, 11) is 0. The van der Waals surface area contributed by atoms with Gasteiger partial charge < -0.3 is 4.74 Å². The minimum atomic E-state index is 0.222. The Balaban J connectivity index is 2.19. The van der Waals surface area contributed by atoms with Crippen molar-refractivity contribution in [2.24, 2.45) is 0 Å². The summed E-state index contributed by atoms with van der Waals surface area (Å²) in [4.78, 5) is 4.27.